The largest absolute Gasteiger partial charge is 0.329 e. The molecule has 1 aliphatic carbocycles. The van der Waals surface area contributed by atoms with Crippen molar-refractivity contribution in [3.05, 3.63) is 23.4 Å². The summed E-state index contributed by atoms with van der Waals surface area (Å²) in [6.07, 6.45) is 5.33. The van der Waals surface area contributed by atoms with Crippen LogP contribution < -0.4 is 11.1 Å². The molecule has 0 aromatic carbocycles. The lowest BCUT2D eigenvalue weighted by molar-refractivity contribution is -0.127. The summed E-state index contributed by atoms with van der Waals surface area (Å²) in [5, 5.41) is 3.41. The average Bonchev–Trinajstić information content (AvgIpc) is 2.42. The van der Waals surface area contributed by atoms with Crippen LogP contribution in [0.2, 0.25) is 5.02 Å². The van der Waals surface area contributed by atoms with E-state index in [2.05, 4.69) is 17.2 Å². The van der Waals surface area contributed by atoms with Crippen LogP contribution in [0.5, 0.6) is 0 Å². The molecule has 1 saturated carbocycles. The first-order chi connectivity index (χ1) is 9.05. The van der Waals surface area contributed by atoms with E-state index in [4.69, 9.17) is 17.3 Å². The molecule has 104 valence electrons. The molecule has 19 heavy (non-hydrogen) atoms. The molecule has 0 unspecified atom stereocenters. The summed E-state index contributed by atoms with van der Waals surface area (Å²) >= 11 is 5.77. The number of nitrogens with one attached hydrogen (secondary N) is 1. The highest BCUT2D eigenvalue weighted by molar-refractivity contribution is 6.30. The van der Waals surface area contributed by atoms with Gasteiger partial charge in [-0.25, -0.2) is 4.98 Å². The van der Waals surface area contributed by atoms with Gasteiger partial charge in [-0.05, 0) is 43.7 Å². The first kappa shape index (κ1) is 14.3. The molecule has 1 amide bonds. The normalized spacial score (nSPS) is 27.0. The molecule has 1 fully saturated rings. The molecule has 1 aromatic heterocycles. The smallest absolute Gasteiger partial charge is 0.233 e. The van der Waals surface area contributed by atoms with Crippen LogP contribution in [0.1, 0.15) is 32.6 Å². The minimum atomic E-state index is -0.437. The van der Waals surface area contributed by atoms with E-state index in [1.807, 2.05) is 0 Å². The van der Waals surface area contributed by atoms with Gasteiger partial charge in [-0.15, -0.1) is 0 Å². The van der Waals surface area contributed by atoms with Crippen molar-refractivity contribution in [2.75, 3.05) is 11.9 Å². The van der Waals surface area contributed by atoms with Gasteiger partial charge in [-0.2, -0.15) is 0 Å². The quantitative estimate of drug-likeness (QED) is 0.895. The number of pyridine rings is 1. The van der Waals surface area contributed by atoms with E-state index in [9.17, 15) is 4.79 Å². The lowest BCUT2D eigenvalue weighted by Crippen LogP contribution is -2.44. The molecular weight excluding hydrogens is 262 g/mol. The number of nitrogens with zero attached hydrogens (tertiary/aromatic N) is 1. The predicted molar refractivity (Wildman–Crippen MR) is 77.0 cm³/mol. The Balaban J connectivity index is 2.06. The third kappa shape index (κ3) is 3.25. The maximum Gasteiger partial charge on any atom is 0.233 e. The monoisotopic (exact) mass is 281 g/mol. The van der Waals surface area contributed by atoms with Crippen molar-refractivity contribution < 1.29 is 4.79 Å². The second-order valence-electron chi connectivity index (χ2n) is 5.48. The number of hydrogen-bond donors (Lipinski definition) is 2. The highest BCUT2D eigenvalue weighted by Crippen LogP contribution is 2.38. The van der Waals surface area contributed by atoms with E-state index in [1.54, 1.807) is 12.1 Å². The zero-order valence-corrected chi connectivity index (χ0v) is 11.9. The van der Waals surface area contributed by atoms with Crippen molar-refractivity contribution in [2.45, 2.75) is 32.6 Å². The van der Waals surface area contributed by atoms with Crippen molar-refractivity contribution >= 4 is 23.3 Å². The van der Waals surface area contributed by atoms with Gasteiger partial charge in [0, 0.05) is 12.7 Å². The van der Waals surface area contributed by atoms with Crippen LogP contribution in [0.25, 0.3) is 0 Å². The van der Waals surface area contributed by atoms with Crippen molar-refractivity contribution in [2.24, 2.45) is 17.1 Å². The lowest BCUT2D eigenvalue weighted by Gasteiger charge is -2.36. The summed E-state index contributed by atoms with van der Waals surface area (Å²) in [6, 6.07) is 3.41. The van der Waals surface area contributed by atoms with Gasteiger partial charge in [-0.1, -0.05) is 18.5 Å². The van der Waals surface area contributed by atoms with Crippen LogP contribution in [0.3, 0.4) is 0 Å². The number of rotatable bonds is 3. The Bertz CT molecular complexity index is 439. The van der Waals surface area contributed by atoms with Gasteiger partial charge in [0.15, 0.2) is 0 Å². The Morgan fingerprint density at radius 2 is 2.21 bits per heavy atom. The second kappa shape index (κ2) is 5.88. The van der Waals surface area contributed by atoms with E-state index in [0.29, 0.717) is 23.3 Å². The first-order valence-electron chi connectivity index (χ1n) is 6.69. The topological polar surface area (TPSA) is 68.0 Å². The number of nitrogens with two attached hydrogens (primary N) is 1. The van der Waals surface area contributed by atoms with Crippen LogP contribution in [0.15, 0.2) is 18.3 Å². The average molecular weight is 282 g/mol. The minimum Gasteiger partial charge on any atom is -0.329 e. The Kier molecular flexibility index (Phi) is 4.42. The SMILES string of the molecule is CC1CCC(CN)(C(=O)Nc2ccc(Cl)cn2)CC1. The van der Waals surface area contributed by atoms with Crippen molar-refractivity contribution in [1.82, 2.24) is 4.98 Å². The molecule has 2 rings (SSSR count). The molecule has 0 aliphatic heterocycles. The number of anilines is 1. The number of carbonyl (C=O) groups excluding carboxylic acids is 1. The molecule has 0 radical (unpaired) electrons. The van der Waals surface area contributed by atoms with Gasteiger partial charge in [0.2, 0.25) is 5.91 Å². The number of carbonyl (C=O) groups is 1. The Labute approximate surface area is 118 Å². The maximum atomic E-state index is 12.4. The number of hydrogen-bond acceptors (Lipinski definition) is 3. The van der Waals surface area contributed by atoms with Crippen molar-refractivity contribution in [1.29, 1.82) is 0 Å². The summed E-state index contributed by atoms with van der Waals surface area (Å²) < 4.78 is 0. The number of halogens is 1. The molecule has 0 bridgehead atoms. The summed E-state index contributed by atoms with van der Waals surface area (Å²) in [5.74, 6) is 1.19. The highest BCUT2D eigenvalue weighted by atomic mass is 35.5. The molecule has 0 spiro atoms. The molecule has 4 nitrogen and oxygen atoms in total. The fraction of sp³-hybridized carbons (Fsp3) is 0.571. The van der Waals surface area contributed by atoms with Crippen LogP contribution in [-0.2, 0) is 4.79 Å². The van der Waals surface area contributed by atoms with Crippen LogP contribution >= 0.6 is 11.6 Å². The zero-order valence-electron chi connectivity index (χ0n) is 11.2. The second-order valence-corrected chi connectivity index (χ2v) is 5.92. The molecule has 3 N–H and O–H groups in total. The summed E-state index contributed by atoms with van der Waals surface area (Å²) in [5.41, 5.74) is 5.42. The Morgan fingerprint density at radius 3 is 2.74 bits per heavy atom. The van der Waals surface area contributed by atoms with Gasteiger partial charge in [-0.3, -0.25) is 4.79 Å². The maximum absolute atomic E-state index is 12.4. The van der Waals surface area contributed by atoms with Crippen LogP contribution in [-0.4, -0.2) is 17.4 Å². The fourth-order valence-electron chi connectivity index (χ4n) is 2.54. The predicted octanol–water partition coefficient (Wildman–Crippen LogP) is 2.83. The van der Waals surface area contributed by atoms with Crippen LogP contribution in [0.4, 0.5) is 5.82 Å². The molecular formula is C14H20ClN3O. The molecule has 0 atom stereocenters. The highest BCUT2D eigenvalue weighted by Gasteiger charge is 2.39. The minimum absolute atomic E-state index is 0.0169. The van der Waals surface area contributed by atoms with Gasteiger partial charge in [0.1, 0.15) is 5.82 Å². The summed E-state index contributed by atoms with van der Waals surface area (Å²) in [7, 11) is 0. The Hall–Kier alpha value is -1.13. The van der Waals surface area contributed by atoms with Gasteiger partial charge in [0.05, 0.1) is 10.4 Å². The van der Waals surface area contributed by atoms with Crippen LogP contribution in [0, 0.1) is 11.3 Å². The molecule has 1 aromatic rings. The third-order valence-electron chi connectivity index (χ3n) is 4.07. The Morgan fingerprint density at radius 1 is 1.53 bits per heavy atom. The van der Waals surface area contributed by atoms with E-state index in [0.717, 1.165) is 25.7 Å². The van der Waals surface area contributed by atoms with E-state index in [-0.39, 0.29) is 5.91 Å². The van der Waals surface area contributed by atoms with Gasteiger partial charge < -0.3 is 11.1 Å². The summed E-state index contributed by atoms with van der Waals surface area (Å²) in [4.78, 5) is 16.5. The standard InChI is InChI=1S/C14H20ClN3O/c1-10-4-6-14(9-16,7-5-10)13(19)18-12-3-2-11(15)8-17-12/h2-3,8,10H,4-7,9,16H2,1H3,(H,17,18,19). The number of aromatic nitrogens is 1. The molecule has 1 aliphatic rings. The van der Waals surface area contributed by atoms with Crippen molar-refractivity contribution in [3.8, 4) is 0 Å². The lowest BCUT2D eigenvalue weighted by atomic mass is 9.70. The van der Waals surface area contributed by atoms with E-state index >= 15 is 0 Å². The third-order valence-corrected chi connectivity index (χ3v) is 4.30. The molecule has 5 heteroatoms. The van der Waals surface area contributed by atoms with E-state index < -0.39 is 5.41 Å². The molecule has 1 heterocycles. The molecule has 0 saturated heterocycles. The zero-order chi connectivity index (χ0) is 13.9. The van der Waals surface area contributed by atoms with Gasteiger partial charge in [0.25, 0.3) is 0 Å². The van der Waals surface area contributed by atoms with Crippen molar-refractivity contribution in [3.63, 3.8) is 0 Å². The summed E-state index contributed by atoms with van der Waals surface area (Å²) in [6.45, 7) is 2.61. The first-order valence-corrected chi connectivity index (χ1v) is 7.06. The fourth-order valence-corrected chi connectivity index (χ4v) is 2.65. The number of amides is 1. The van der Waals surface area contributed by atoms with Gasteiger partial charge >= 0.3 is 0 Å². The van der Waals surface area contributed by atoms with E-state index in [1.165, 1.54) is 6.20 Å².